The minimum absolute atomic E-state index is 0.0121. The summed E-state index contributed by atoms with van der Waals surface area (Å²) >= 11 is 1.54. The fourth-order valence-corrected chi connectivity index (χ4v) is 3.87. The van der Waals surface area contributed by atoms with Crippen molar-refractivity contribution in [1.29, 1.82) is 0 Å². The number of nitrogens with one attached hydrogen (secondary N) is 1. The summed E-state index contributed by atoms with van der Waals surface area (Å²) in [5.41, 5.74) is 3.21. The van der Waals surface area contributed by atoms with Crippen molar-refractivity contribution in [3.63, 3.8) is 0 Å². The lowest BCUT2D eigenvalue weighted by molar-refractivity contribution is -0.117. The van der Waals surface area contributed by atoms with Crippen molar-refractivity contribution in [2.45, 2.75) is 20.8 Å². The van der Waals surface area contributed by atoms with Crippen LogP contribution >= 0.6 is 11.3 Å². The Balaban J connectivity index is 1.48. The average Bonchev–Trinajstić information content (AvgIpc) is 3.04. The van der Waals surface area contributed by atoms with Gasteiger partial charge in [0.2, 0.25) is 5.91 Å². The maximum absolute atomic E-state index is 12.5. The number of thiophene rings is 1. The maximum Gasteiger partial charge on any atom is 0.264 e. The van der Waals surface area contributed by atoms with E-state index in [1.807, 2.05) is 49.1 Å². The summed E-state index contributed by atoms with van der Waals surface area (Å²) in [6.07, 6.45) is 0. The number of benzene rings is 1. The van der Waals surface area contributed by atoms with Crippen LogP contribution in [0, 0.1) is 20.8 Å². The average molecular weight is 372 g/mol. The smallest absolute Gasteiger partial charge is 0.264 e. The lowest BCUT2D eigenvalue weighted by Gasteiger charge is -2.34. The van der Waals surface area contributed by atoms with Gasteiger partial charge in [0, 0.05) is 36.7 Å². The molecule has 1 fully saturated rings. The van der Waals surface area contributed by atoms with E-state index in [4.69, 9.17) is 0 Å². The molecule has 1 aliphatic rings. The molecule has 0 radical (unpaired) electrons. The molecule has 138 valence electrons. The Morgan fingerprint density at radius 1 is 1.00 bits per heavy atom. The molecule has 2 aromatic rings. The molecule has 0 unspecified atom stereocenters. The number of amides is 2. The first-order valence-electron chi connectivity index (χ1n) is 8.87. The topological polar surface area (TPSA) is 52.7 Å². The molecule has 1 N–H and O–H groups in total. The van der Waals surface area contributed by atoms with Crippen molar-refractivity contribution >= 4 is 28.8 Å². The third kappa shape index (κ3) is 4.51. The van der Waals surface area contributed by atoms with E-state index in [1.165, 1.54) is 22.5 Å². The lowest BCUT2D eigenvalue weighted by atomic mass is 10.1. The first kappa shape index (κ1) is 18.6. The molecule has 1 aromatic carbocycles. The summed E-state index contributed by atoms with van der Waals surface area (Å²) in [7, 11) is 0. The van der Waals surface area contributed by atoms with Crippen LogP contribution in [0.3, 0.4) is 0 Å². The number of hydrogen-bond donors (Lipinski definition) is 1. The molecule has 1 saturated heterocycles. The highest BCUT2D eigenvalue weighted by Gasteiger charge is 2.24. The highest BCUT2D eigenvalue weighted by atomic mass is 32.1. The molecule has 2 amide bonds. The minimum atomic E-state index is -0.0121. The van der Waals surface area contributed by atoms with Gasteiger partial charge in [0.05, 0.1) is 11.4 Å². The molecule has 0 atom stereocenters. The molecule has 0 aliphatic carbocycles. The summed E-state index contributed by atoms with van der Waals surface area (Å²) < 4.78 is 0. The van der Waals surface area contributed by atoms with Gasteiger partial charge in [-0.2, -0.15) is 0 Å². The second-order valence-electron chi connectivity index (χ2n) is 6.83. The van der Waals surface area contributed by atoms with Crippen molar-refractivity contribution in [3.05, 3.63) is 51.2 Å². The number of carbonyl (C=O) groups is 2. The quantitative estimate of drug-likeness (QED) is 0.899. The standard InChI is InChI=1S/C20H25N3O2S/c1-14-4-6-17(12-15(14)2)21-19(24)13-22-8-10-23(11-9-22)20(25)18-7-5-16(3)26-18/h4-7,12H,8-11,13H2,1-3H3,(H,21,24). The molecule has 2 heterocycles. The highest BCUT2D eigenvalue weighted by Crippen LogP contribution is 2.18. The van der Waals surface area contributed by atoms with Crippen molar-refractivity contribution < 1.29 is 9.59 Å². The van der Waals surface area contributed by atoms with Gasteiger partial charge in [-0.25, -0.2) is 0 Å². The van der Waals surface area contributed by atoms with Crippen LogP contribution in [-0.4, -0.2) is 54.3 Å². The number of nitrogens with zero attached hydrogens (tertiary/aromatic N) is 2. The van der Waals surface area contributed by atoms with Crippen molar-refractivity contribution in [1.82, 2.24) is 9.80 Å². The molecule has 0 saturated carbocycles. The Morgan fingerprint density at radius 2 is 1.73 bits per heavy atom. The van der Waals surface area contributed by atoms with Gasteiger partial charge < -0.3 is 10.2 Å². The zero-order chi connectivity index (χ0) is 18.7. The number of anilines is 1. The van der Waals surface area contributed by atoms with Crippen LogP contribution in [0.1, 0.15) is 25.7 Å². The van der Waals surface area contributed by atoms with Gasteiger partial charge in [-0.15, -0.1) is 11.3 Å². The largest absolute Gasteiger partial charge is 0.335 e. The maximum atomic E-state index is 12.5. The highest BCUT2D eigenvalue weighted by molar-refractivity contribution is 7.13. The van der Waals surface area contributed by atoms with E-state index >= 15 is 0 Å². The zero-order valence-corrected chi connectivity index (χ0v) is 16.4. The predicted octanol–water partition coefficient (Wildman–Crippen LogP) is 3.07. The van der Waals surface area contributed by atoms with Crippen LogP contribution in [-0.2, 0) is 4.79 Å². The lowest BCUT2D eigenvalue weighted by Crippen LogP contribution is -2.50. The van der Waals surface area contributed by atoms with E-state index in [9.17, 15) is 9.59 Å². The van der Waals surface area contributed by atoms with E-state index in [1.54, 1.807) is 0 Å². The molecule has 0 spiro atoms. The van der Waals surface area contributed by atoms with E-state index in [2.05, 4.69) is 17.1 Å². The number of aryl methyl sites for hydroxylation is 3. The second-order valence-corrected chi connectivity index (χ2v) is 8.11. The van der Waals surface area contributed by atoms with E-state index in [-0.39, 0.29) is 11.8 Å². The van der Waals surface area contributed by atoms with E-state index in [0.29, 0.717) is 19.6 Å². The van der Waals surface area contributed by atoms with Gasteiger partial charge in [-0.3, -0.25) is 14.5 Å². The van der Waals surface area contributed by atoms with Crippen molar-refractivity contribution in [3.8, 4) is 0 Å². The molecule has 3 rings (SSSR count). The second kappa shape index (κ2) is 8.01. The van der Waals surface area contributed by atoms with Gasteiger partial charge in [0.1, 0.15) is 0 Å². The van der Waals surface area contributed by atoms with Crippen molar-refractivity contribution in [2.75, 3.05) is 38.0 Å². The molecule has 0 bridgehead atoms. The molecular weight excluding hydrogens is 346 g/mol. The van der Waals surface area contributed by atoms with Crippen LogP contribution in [0.2, 0.25) is 0 Å². The van der Waals surface area contributed by atoms with E-state index in [0.717, 1.165) is 28.5 Å². The number of hydrogen-bond acceptors (Lipinski definition) is 4. The normalized spacial score (nSPS) is 15.1. The predicted molar refractivity (Wildman–Crippen MR) is 106 cm³/mol. The molecular formula is C20H25N3O2S. The number of piperazine rings is 1. The van der Waals surface area contributed by atoms with Crippen LogP contribution in [0.5, 0.6) is 0 Å². The summed E-state index contributed by atoms with van der Waals surface area (Å²) in [5, 5.41) is 2.96. The van der Waals surface area contributed by atoms with Gasteiger partial charge in [0.25, 0.3) is 5.91 Å². The Labute approximate surface area is 158 Å². The molecule has 5 nitrogen and oxygen atoms in total. The fraction of sp³-hybridized carbons (Fsp3) is 0.400. The summed E-state index contributed by atoms with van der Waals surface area (Å²) in [5.74, 6) is 0.0873. The molecule has 1 aliphatic heterocycles. The van der Waals surface area contributed by atoms with Crippen LogP contribution < -0.4 is 5.32 Å². The first-order valence-corrected chi connectivity index (χ1v) is 9.69. The van der Waals surface area contributed by atoms with E-state index < -0.39 is 0 Å². The van der Waals surface area contributed by atoms with Crippen LogP contribution in [0.4, 0.5) is 5.69 Å². The summed E-state index contributed by atoms with van der Waals surface area (Å²) in [6, 6.07) is 9.81. The van der Waals surface area contributed by atoms with Gasteiger partial charge >= 0.3 is 0 Å². The third-order valence-corrected chi connectivity index (χ3v) is 5.76. The van der Waals surface area contributed by atoms with Crippen molar-refractivity contribution in [2.24, 2.45) is 0 Å². The van der Waals surface area contributed by atoms with Gasteiger partial charge in [0.15, 0.2) is 0 Å². The third-order valence-electron chi connectivity index (χ3n) is 4.77. The van der Waals surface area contributed by atoms with Crippen LogP contribution in [0.25, 0.3) is 0 Å². The Kier molecular flexibility index (Phi) is 5.74. The summed E-state index contributed by atoms with van der Waals surface area (Å²) in [4.78, 5) is 30.7. The Hall–Kier alpha value is -2.18. The summed E-state index contributed by atoms with van der Waals surface area (Å²) in [6.45, 7) is 9.21. The Morgan fingerprint density at radius 3 is 2.35 bits per heavy atom. The number of rotatable bonds is 4. The molecule has 6 heteroatoms. The minimum Gasteiger partial charge on any atom is -0.335 e. The van der Waals surface area contributed by atoms with Gasteiger partial charge in [-0.1, -0.05) is 6.07 Å². The fourth-order valence-electron chi connectivity index (χ4n) is 3.04. The first-order chi connectivity index (χ1) is 12.4. The zero-order valence-electron chi connectivity index (χ0n) is 15.5. The Bertz CT molecular complexity index is 807. The number of carbonyl (C=O) groups excluding carboxylic acids is 2. The van der Waals surface area contributed by atoms with Crippen LogP contribution in [0.15, 0.2) is 30.3 Å². The van der Waals surface area contributed by atoms with Gasteiger partial charge in [-0.05, 0) is 56.2 Å². The molecule has 1 aromatic heterocycles. The SMILES string of the molecule is Cc1ccc(C(=O)N2CCN(CC(=O)Nc3ccc(C)c(C)c3)CC2)s1. The monoisotopic (exact) mass is 371 g/mol. The molecule has 26 heavy (non-hydrogen) atoms.